The Hall–Kier alpha value is -0.570. The third-order valence-corrected chi connectivity index (χ3v) is 2.04. The van der Waals surface area contributed by atoms with Crippen LogP contribution in [0.5, 0.6) is 0 Å². The number of hydrogen-bond donors (Lipinski definition) is 2. The number of hydrogen-bond acceptors (Lipinski definition) is 3. The van der Waals surface area contributed by atoms with Crippen molar-refractivity contribution in [2.75, 3.05) is 13.1 Å². The largest absolute Gasteiger partial charge is 0.411 e. The van der Waals surface area contributed by atoms with E-state index >= 15 is 0 Å². The summed E-state index contributed by atoms with van der Waals surface area (Å²) < 4.78 is 0. The lowest BCUT2D eigenvalue weighted by molar-refractivity contribution is 0.309. The van der Waals surface area contributed by atoms with Gasteiger partial charge in [0.25, 0.3) is 0 Å². The molecule has 1 saturated heterocycles. The van der Waals surface area contributed by atoms with E-state index < -0.39 is 0 Å². The van der Waals surface area contributed by atoms with Crippen LogP contribution in [-0.2, 0) is 0 Å². The van der Waals surface area contributed by atoms with E-state index in [1.165, 1.54) is 0 Å². The summed E-state index contributed by atoms with van der Waals surface area (Å²) >= 11 is 0. The molecule has 58 valence electrons. The summed E-state index contributed by atoms with van der Waals surface area (Å²) in [6, 6.07) is 0. The second-order valence-electron chi connectivity index (χ2n) is 2.65. The second-order valence-corrected chi connectivity index (χ2v) is 2.65. The van der Waals surface area contributed by atoms with E-state index in [1.54, 1.807) is 0 Å². The topological polar surface area (TPSA) is 44.6 Å². The normalized spacial score (nSPS) is 30.9. The lowest BCUT2D eigenvalue weighted by atomic mass is 9.95. The van der Waals surface area contributed by atoms with E-state index in [2.05, 4.69) is 17.4 Å². The van der Waals surface area contributed by atoms with Crippen LogP contribution in [0, 0.1) is 5.92 Å². The van der Waals surface area contributed by atoms with Crippen molar-refractivity contribution in [1.82, 2.24) is 5.32 Å². The summed E-state index contributed by atoms with van der Waals surface area (Å²) in [6.07, 6.45) is 1.96. The minimum absolute atomic E-state index is 0.457. The molecular formula is C7H14N2O. The lowest BCUT2D eigenvalue weighted by Crippen LogP contribution is -2.36. The van der Waals surface area contributed by atoms with Gasteiger partial charge in [-0.25, -0.2) is 0 Å². The van der Waals surface area contributed by atoms with Gasteiger partial charge < -0.3 is 10.5 Å². The fourth-order valence-corrected chi connectivity index (χ4v) is 1.33. The van der Waals surface area contributed by atoms with Crippen molar-refractivity contribution >= 4 is 5.71 Å². The highest BCUT2D eigenvalue weighted by atomic mass is 16.4. The number of piperidine rings is 1. The van der Waals surface area contributed by atoms with Crippen LogP contribution < -0.4 is 5.32 Å². The zero-order chi connectivity index (χ0) is 7.40. The first-order chi connectivity index (χ1) is 4.88. The molecule has 3 heteroatoms. The number of rotatable bonds is 1. The average Bonchev–Trinajstić information content (AvgIpc) is 2.04. The minimum Gasteiger partial charge on any atom is -0.411 e. The molecule has 0 spiro atoms. The molecule has 0 saturated carbocycles. The minimum atomic E-state index is 0.457. The van der Waals surface area contributed by atoms with E-state index in [0.717, 1.165) is 31.6 Å². The van der Waals surface area contributed by atoms with Gasteiger partial charge in [0, 0.05) is 25.4 Å². The van der Waals surface area contributed by atoms with Gasteiger partial charge in [0.1, 0.15) is 0 Å². The quantitative estimate of drug-likeness (QED) is 0.421. The van der Waals surface area contributed by atoms with Crippen LogP contribution in [0.1, 0.15) is 19.8 Å². The van der Waals surface area contributed by atoms with Crippen LogP contribution in [0.25, 0.3) is 0 Å². The summed E-state index contributed by atoms with van der Waals surface area (Å²) in [5.41, 5.74) is 0.959. The lowest BCUT2D eigenvalue weighted by Gasteiger charge is -2.22. The molecule has 0 aromatic carbocycles. The van der Waals surface area contributed by atoms with Crippen molar-refractivity contribution in [3.05, 3.63) is 0 Å². The highest BCUT2D eigenvalue weighted by Crippen LogP contribution is 2.10. The van der Waals surface area contributed by atoms with Crippen LogP contribution in [0.4, 0.5) is 0 Å². The summed E-state index contributed by atoms with van der Waals surface area (Å²) in [6.45, 7) is 4.04. The van der Waals surface area contributed by atoms with Crippen molar-refractivity contribution in [2.24, 2.45) is 11.1 Å². The Morgan fingerprint density at radius 3 is 3.10 bits per heavy atom. The molecule has 1 rings (SSSR count). The SMILES string of the molecule is CCC1CNCC/C1=N\O. The predicted molar refractivity (Wildman–Crippen MR) is 40.5 cm³/mol. The van der Waals surface area contributed by atoms with E-state index in [9.17, 15) is 0 Å². The molecule has 0 aliphatic carbocycles. The number of nitrogens with one attached hydrogen (secondary N) is 1. The molecule has 0 radical (unpaired) electrons. The standard InChI is InChI=1S/C7H14N2O/c1-2-6-5-8-4-3-7(6)9-10/h6,8,10H,2-5H2,1H3/b9-7+. The van der Waals surface area contributed by atoms with Crippen molar-refractivity contribution in [3.63, 3.8) is 0 Å². The van der Waals surface area contributed by atoms with E-state index in [-0.39, 0.29) is 0 Å². The van der Waals surface area contributed by atoms with Gasteiger partial charge in [-0.15, -0.1) is 0 Å². The van der Waals surface area contributed by atoms with Gasteiger partial charge >= 0.3 is 0 Å². The number of oxime groups is 1. The zero-order valence-corrected chi connectivity index (χ0v) is 6.30. The maximum atomic E-state index is 8.55. The van der Waals surface area contributed by atoms with Gasteiger partial charge in [0.2, 0.25) is 0 Å². The van der Waals surface area contributed by atoms with Crippen LogP contribution in [-0.4, -0.2) is 24.0 Å². The van der Waals surface area contributed by atoms with Crippen molar-refractivity contribution < 1.29 is 5.21 Å². The maximum Gasteiger partial charge on any atom is 0.0626 e. The number of nitrogens with zero attached hydrogens (tertiary/aromatic N) is 1. The third-order valence-electron chi connectivity index (χ3n) is 2.04. The molecule has 0 aromatic rings. The molecule has 1 atom stereocenters. The predicted octanol–water partition coefficient (Wildman–Crippen LogP) is 0.836. The summed E-state index contributed by atoms with van der Waals surface area (Å²) in [5.74, 6) is 0.457. The Morgan fingerprint density at radius 2 is 2.60 bits per heavy atom. The zero-order valence-electron chi connectivity index (χ0n) is 6.30. The van der Waals surface area contributed by atoms with Crippen molar-refractivity contribution in [2.45, 2.75) is 19.8 Å². The molecule has 2 N–H and O–H groups in total. The third kappa shape index (κ3) is 1.48. The van der Waals surface area contributed by atoms with Gasteiger partial charge in [0.05, 0.1) is 5.71 Å². The highest BCUT2D eigenvalue weighted by molar-refractivity contribution is 5.87. The molecular weight excluding hydrogens is 128 g/mol. The van der Waals surface area contributed by atoms with Crippen LogP contribution >= 0.6 is 0 Å². The fraction of sp³-hybridized carbons (Fsp3) is 0.857. The summed E-state index contributed by atoms with van der Waals surface area (Å²) in [7, 11) is 0. The first-order valence-corrected chi connectivity index (χ1v) is 3.80. The molecule has 0 bridgehead atoms. The summed E-state index contributed by atoms with van der Waals surface area (Å²) in [4.78, 5) is 0. The second kappa shape index (κ2) is 3.56. The van der Waals surface area contributed by atoms with Crippen molar-refractivity contribution in [1.29, 1.82) is 0 Å². The molecule has 1 fully saturated rings. The van der Waals surface area contributed by atoms with E-state index in [4.69, 9.17) is 5.21 Å². The van der Waals surface area contributed by atoms with E-state index in [0.29, 0.717) is 5.92 Å². The fourth-order valence-electron chi connectivity index (χ4n) is 1.33. The van der Waals surface area contributed by atoms with Gasteiger partial charge in [-0.05, 0) is 6.42 Å². The van der Waals surface area contributed by atoms with Gasteiger partial charge in [-0.1, -0.05) is 12.1 Å². The van der Waals surface area contributed by atoms with Gasteiger partial charge in [-0.3, -0.25) is 0 Å². The molecule has 1 aliphatic rings. The smallest absolute Gasteiger partial charge is 0.0626 e. The first-order valence-electron chi connectivity index (χ1n) is 3.80. The van der Waals surface area contributed by atoms with Gasteiger partial charge in [0.15, 0.2) is 0 Å². The molecule has 0 aromatic heterocycles. The Balaban J connectivity index is 2.50. The Morgan fingerprint density at radius 1 is 1.80 bits per heavy atom. The van der Waals surface area contributed by atoms with Crippen molar-refractivity contribution in [3.8, 4) is 0 Å². The van der Waals surface area contributed by atoms with Crippen LogP contribution in [0.3, 0.4) is 0 Å². The first kappa shape index (κ1) is 7.54. The molecule has 1 aliphatic heterocycles. The Labute approximate surface area is 61.1 Å². The molecule has 10 heavy (non-hydrogen) atoms. The Kier molecular flexibility index (Phi) is 2.68. The molecule has 0 amide bonds. The van der Waals surface area contributed by atoms with Crippen LogP contribution in [0.15, 0.2) is 5.16 Å². The van der Waals surface area contributed by atoms with E-state index in [1.807, 2.05) is 0 Å². The maximum absolute atomic E-state index is 8.55. The molecule has 3 nitrogen and oxygen atoms in total. The van der Waals surface area contributed by atoms with Crippen LogP contribution in [0.2, 0.25) is 0 Å². The summed E-state index contributed by atoms with van der Waals surface area (Å²) in [5, 5.41) is 15.1. The van der Waals surface area contributed by atoms with Gasteiger partial charge in [-0.2, -0.15) is 0 Å². The molecule has 1 unspecified atom stereocenters. The Bertz CT molecular complexity index is 134. The monoisotopic (exact) mass is 142 g/mol. The molecule has 1 heterocycles. The highest BCUT2D eigenvalue weighted by Gasteiger charge is 2.17. The average molecular weight is 142 g/mol.